The van der Waals surface area contributed by atoms with E-state index < -0.39 is 5.91 Å². The van der Waals surface area contributed by atoms with Gasteiger partial charge in [0.2, 0.25) is 0 Å². The Hall–Kier alpha value is -0.0900. The molecule has 0 unspecified atom stereocenters. The van der Waals surface area contributed by atoms with Crippen LogP contribution in [0.1, 0.15) is 29.8 Å². The number of amides is 1. The Bertz CT molecular complexity index is 320. The first kappa shape index (κ1) is 18.3. The van der Waals surface area contributed by atoms with E-state index in [1.807, 2.05) is 19.3 Å². The molecule has 0 radical (unpaired) electrons. The first-order valence-electron chi connectivity index (χ1n) is 4.60. The van der Waals surface area contributed by atoms with Gasteiger partial charge >= 0.3 is 0 Å². The van der Waals surface area contributed by atoms with Crippen LogP contribution in [-0.4, -0.2) is 11.0 Å². The first-order valence-corrected chi connectivity index (χ1v) is 10.9. The third-order valence-corrected chi connectivity index (χ3v) is 1.61. The molecule has 4 N–H and O–H groups in total. The van der Waals surface area contributed by atoms with E-state index in [0.717, 1.165) is 0 Å². The second kappa shape index (κ2) is 11.4. The summed E-state index contributed by atoms with van der Waals surface area (Å²) in [5, 5.41) is 9.38. The second-order valence-corrected chi connectivity index (χ2v) is 2.44. The maximum absolute atomic E-state index is 11.0. The van der Waals surface area contributed by atoms with E-state index >= 15 is 0 Å². The smallest absolute Gasteiger partial charge is 0.268 e. The highest BCUT2D eigenvalue weighted by molar-refractivity contribution is 15.0. The number of nitrogens with two attached hydrogens (primary N) is 1. The Balaban J connectivity index is 0. The van der Waals surface area contributed by atoms with E-state index in [1.54, 1.807) is 19.1 Å². The molecule has 0 aromatic heterocycles. The van der Waals surface area contributed by atoms with Gasteiger partial charge in [0.1, 0.15) is 5.75 Å². The molecule has 4 nitrogen and oxygen atoms in total. The Labute approximate surface area is 119 Å². The molecule has 6 heteroatoms. The highest BCUT2D eigenvalue weighted by Crippen LogP contribution is 2.20. The zero-order valence-corrected chi connectivity index (χ0v) is 13.7. The minimum atomic E-state index is -0.490. The predicted molar refractivity (Wildman–Crippen MR) is 83.9 cm³/mol. The number of aryl methyl sites for hydroxylation is 1. The summed E-state index contributed by atoms with van der Waals surface area (Å²) in [6.07, 6.45) is 0. The fourth-order valence-corrected chi connectivity index (χ4v) is 0.920. The van der Waals surface area contributed by atoms with E-state index in [0.29, 0.717) is 5.56 Å². The molecule has 92 valence electrons. The Kier molecular flexibility index (Phi) is 13.0. The molecule has 0 bridgehead atoms. The number of aromatic hydroxyl groups is 1. The van der Waals surface area contributed by atoms with Gasteiger partial charge in [0, 0.05) is 37.2 Å². The molecule has 0 saturated heterocycles. The topological polar surface area (TPSA) is 75.4 Å². The molecule has 1 rings (SSSR count). The van der Waals surface area contributed by atoms with Crippen molar-refractivity contribution in [1.82, 2.24) is 5.43 Å². The summed E-state index contributed by atoms with van der Waals surface area (Å²) in [6.45, 7) is 5.71. The quantitative estimate of drug-likeness (QED) is 0.267. The van der Waals surface area contributed by atoms with Gasteiger partial charge in [-0.2, -0.15) is 0 Å². The number of hydrazine groups is 1. The first-order chi connectivity index (χ1) is 7.66. The molecular weight excluding hydrogens is 434 g/mol. The number of carbonyl (C=O) groups is 1. The summed E-state index contributed by atoms with van der Waals surface area (Å²) in [6, 6.07) is 4.90. The number of carbonyl (C=O) groups excluding carboxylic acids is 1. The molecule has 1 aromatic rings. The van der Waals surface area contributed by atoms with E-state index in [1.165, 1.54) is 6.07 Å². The number of benzene rings is 1. The molecule has 16 heavy (non-hydrogen) atoms. The van der Waals surface area contributed by atoms with Crippen LogP contribution in [0.3, 0.4) is 0 Å². The Morgan fingerprint density at radius 3 is 2.31 bits per heavy atom. The lowest BCUT2D eigenvalue weighted by molar-refractivity contribution is 0.0951. The molecule has 0 aliphatic rings. The zero-order chi connectivity index (χ0) is 13.1. The van der Waals surface area contributed by atoms with Crippen molar-refractivity contribution >= 4 is 43.1 Å². The Morgan fingerprint density at radius 2 is 1.88 bits per heavy atom. The van der Waals surface area contributed by atoms with Crippen molar-refractivity contribution in [2.45, 2.75) is 20.8 Å². The lowest BCUT2D eigenvalue weighted by atomic mass is 10.1. The van der Waals surface area contributed by atoms with Crippen LogP contribution in [0.15, 0.2) is 18.2 Å². The maximum atomic E-state index is 11.0. The van der Waals surface area contributed by atoms with Crippen molar-refractivity contribution in [3.05, 3.63) is 29.3 Å². The van der Waals surface area contributed by atoms with E-state index in [4.69, 9.17) is 5.84 Å². The van der Waals surface area contributed by atoms with Gasteiger partial charge in [-0.1, -0.05) is 26.0 Å². The summed E-state index contributed by atoms with van der Waals surface area (Å²) in [5.41, 5.74) is 2.79. The van der Waals surface area contributed by atoms with Gasteiger partial charge < -0.3 is 5.11 Å². The van der Waals surface area contributed by atoms with Gasteiger partial charge in [0.15, 0.2) is 0 Å². The molecule has 0 spiro atoms. The van der Waals surface area contributed by atoms with Crippen LogP contribution >= 0.6 is 37.2 Å². The van der Waals surface area contributed by atoms with E-state index in [2.05, 4.69) is 37.2 Å². The molecule has 0 aliphatic carbocycles. The van der Waals surface area contributed by atoms with Crippen LogP contribution in [0.5, 0.6) is 5.75 Å². The second-order valence-electron chi connectivity index (χ2n) is 2.44. The van der Waals surface area contributed by atoms with Crippen LogP contribution in [0, 0.1) is 6.92 Å². The third kappa shape index (κ3) is 5.85. The van der Waals surface area contributed by atoms with Crippen LogP contribution < -0.4 is 11.3 Å². The van der Waals surface area contributed by atoms with Gasteiger partial charge in [-0.3, -0.25) is 10.2 Å². The van der Waals surface area contributed by atoms with E-state index in [-0.39, 0.29) is 11.3 Å². The number of phenolic OH excluding ortho intramolecular Hbond substituents is 1. The zero-order valence-electron chi connectivity index (χ0n) is 9.42. The molecule has 0 heterocycles. The number of hydrogen-bond acceptors (Lipinski definition) is 3. The summed E-state index contributed by atoms with van der Waals surface area (Å²) in [4.78, 5) is 11.0. The molecule has 0 aliphatic heterocycles. The normalized spacial score (nSPS) is 7.88. The molecule has 1 aromatic carbocycles. The average Bonchev–Trinajstić information content (AvgIpc) is 2.37. The molecular formula is C10H16I2N2O2. The average molecular weight is 450 g/mol. The number of hydrogen-bond donors (Lipinski definition) is 3. The summed E-state index contributed by atoms with van der Waals surface area (Å²) in [7, 11) is 0. The van der Waals surface area contributed by atoms with Gasteiger partial charge in [0.05, 0.1) is 5.56 Å². The minimum absolute atomic E-state index is 0.0274. The maximum Gasteiger partial charge on any atom is 0.268 e. The van der Waals surface area contributed by atoms with Gasteiger partial charge in [-0.25, -0.2) is 5.84 Å². The predicted octanol–water partition coefficient (Wildman–Crippen LogP) is 3.10. The van der Waals surface area contributed by atoms with Crippen molar-refractivity contribution < 1.29 is 9.90 Å². The number of rotatable bonds is 1. The number of nitrogen functional groups attached to an aromatic ring is 1. The lowest BCUT2D eigenvalue weighted by Crippen LogP contribution is -2.30. The standard InChI is InChI=1S/C8H10N2O2.C2H6.I2/c1-5-3-2-4-6(7(5)11)8(12)10-9;2*1-2/h2-4,11H,9H2,1H3,(H,10,12);1-2H3;. The highest BCUT2D eigenvalue weighted by atomic mass is 128. The highest BCUT2D eigenvalue weighted by Gasteiger charge is 2.09. The summed E-state index contributed by atoms with van der Waals surface area (Å²) >= 11 is 4.24. The lowest BCUT2D eigenvalue weighted by Gasteiger charge is -2.04. The van der Waals surface area contributed by atoms with Gasteiger partial charge in [0.25, 0.3) is 5.91 Å². The van der Waals surface area contributed by atoms with Gasteiger partial charge in [-0.15, -0.1) is 0 Å². The number of nitrogens with one attached hydrogen (secondary N) is 1. The third-order valence-electron chi connectivity index (χ3n) is 1.61. The number of phenols is 1. The van der Waals surface area contributed by atoms with Crippen LogP contribution in [-0.2, 0) is 0 Å². The number of halogens is 2. The minimum Gasteiger partial charge on any atom is -0.507 e. The van der Waals surface area contributed by atoms with Crippen LogP contribution in [0.4, 0.5) is 0 Å². The summed E-state index contributed by atoms with van der Waals surface area (Å²) < 4.78 is 0. The fraction of sp³-hybridized carbons (Fsp3) is 0.300. The molecule has 0 atom stereocenters. The van der Waals surface area contributed by atoms with Crippen molar-refractivity contribution in [3.8, 4) is 5.75 Å². The van der Waals surface area contributed by atoms with E-state index in [9.17, 15) is 9.90 Å². The number of para-hydroxylation sites is 1. The van der Waals surface area contributed by atoms with Crippen molar-refractivity contribution in [3.63, 3.8) is 0 Å². The fourth-order valence-electron chi connectivity index (χ4n) is 0.920. The largest absolute Gasteiger partial charge is 0.507 e. The Morgan fingerprint density at radius 1 is 1.38 bits per heavy atom. The summed E-state index contributed by atoms with van der Waals surface area (Å²) in [5.74, 6) is 4.40. The molecule has 0 saturated carbocycles. The molecule has 0 fully saturated rings. The van der Waals surface area contributed by atoms with Crippen molar-refractivity contribution in [2.24, 2.45) is 5.84 Å². The SMILES string of the molecule is CC.Cc1cccc(C(=O)NN)c1O.II. The van der Waals surface area contributed by atoms with Crippen LogP contribution in [0.2, 0.25) is 0 Å². The van der Waals surface area contributed by atoms with Gasteiger partial charge in [-0.05, 0) is 18.6 Å². The monoisotopic (exact) mass is 450 g/mol. The van der Waals surface area contributed by atoms with Crippen molar-refractivity contribution in [1.29, 1.82) is 0 Å². The van der Waals surface area contributed by atoms with Crippen LogP contribution in [0.25, 0.3) is 0 Å². The molecule has 1 amide bonds. The van der Waals surface area contributed by atoms with Crippen molar-refractivity contribution in [2.75, 3.05) is 0 Å².